The number of rotatable bonds is 2. The molecule has 1 amide bonds. The number of carbonyl (C=O) groups excluding carboxylic acids is 1. The predicted octanol–water partition coefficient (Wildman–Crippen LogP) is 2.93. The van der Waals surface area contributed by atoms with E-state index in [0.717, 1.165) is 28.5 Å². The molecular formula is C15H20ClN3O. The van der Waals surface area contributed by atoms with Gasteiger partial charge in [-0.05, 0) is 45.4 Å². The van der Waals surface area contributed by atoms with Crippen LogP contribution in [-0.4, -0.2) is 25.5 Å². The molecule has 20 heavy (non-hydrogen) atoms. The summed E-state index contributed by atoms with van der Waals surface area (Å²) in [5, 5.41) is 6.68. The first-order valence-corrected chi connectivity index (χ1v) is 7.58. The van der Waals surface area contributed by atoms with Crippen LogP contribution in [0.3, 0.4) is 0 Å². The number of piperidine rings is 1. The summed E-state index contributed by atoms with van der Waals surface area (Å²) < 4.78 is 0. The maximum absolute atomic E-state index is 11.9. The first-order chi connectivity index (χ1) is 9.61. The zero-order chi connectivity index (χ0) is 14.3. The predicted molar refractivity (Wildman–Crippen MR) is 82.5 cm³/mol. The number of halogens is 1. The van der Waals surface area contributed by atoms with Gasteiger partial charge in [-0.15, -0.1) is 0 Å². The van der Waals surface area contributed by atoms with Crippen molar-refractivity contribution in [3.8, 4) is 0 Å². The number of amides is 1. The Morgan fingerprint density at radius 2 is 2.20 bits per heavy atom. The Kier molecular flexibility index (Phi) is 3.61. The SMILES string of the molecule is CNC1C(=O)Nc2cc(N3CCCCC3C)c(Cl)cc21. The second-order valence-corrected chi connectivity index (χ2v) is 6.05. The fraction of sp³-hybridized carbons (Fsp3) is 0.533. The summed E-state index contributed by atoms with van der Waals surface area (Å²) in [7, 11) is 1.79. The van der Waals surface area contributed by atoms with E-state index in [4.69, 9.17) is 11.6 Å². The zero-order valence-corrected chi connectivity index (χ0v) is 12.6. The molecule has 108 valence electrons. The molecule has 2 heterocycles. The molecule has 0 aromatic heterocycles. The summed E-state index contributed by atoms with van der Waals surface area (Å²) in [5.41, 5.74) is 2.86. The number of hydrogen-bond acceptors (Lipinski definition) is 3. The summed E-state index contributed by atoms with van der Waals surface area (Å²) in [4.78, 5) is 14.2. The van der Waals surface area contributed by atoms with E-state index in [1.807, 2.05) is 12.1 Å². The van der Waals surface area contributed by atoms with Crippen LogP contribution < -0.4 is 15.5 Å². The topological polar surface area (TPSA) is 44.4 Å². The molecule has 4 nitrogen and oxygen atoms in total. The minimum Gasteiger partial charge on any atom is -0.368 e. The lowest BCUT2D eigenvalue weighted by Gasteiger charge is -2.36. The smallest absolute Gasteiger partial charge is 0.246 e. The minimum atomic E-state index is -0.296. The highest BCUT2D eigenvalue weighted by Crippen LogP contribution is 2.40. The van der Waals surface area contributed by atoms with Crippen molar-refractivity contribution in [2.75, 3.05) is 23.8 Å². The van der Waals surface area contributed by atoms with Crippen LogP contribution in [0.25, 0.3) is 0 Å². The maximum atomic E-state index is 11.9. The molecule has 0 radical (unpaired) electrons. The molecule has 1 fully saturated rings. The molecule has 1 aromatic carbocycles. The quantitative estimate of drug-likeness (QED) is 0.881. The average molecular weight is 294 g/mol. The van der Waals surface area contributed by atoms with Gasteiger partial charge < -0.3 is 15.5 Å². The summed E-state index contributed by atoms with van der Waals surface area (Å²) >= 11 is 6.47. The lowest BCUT2D eigenvalue weighted by molar-refractivity contribution is -0.117. The number of hydrogen-bond donors (Lipinski definition) is 2. The fourth-order valence-electron chi connectivity index (χ4n) is 3.23. The van der Waals surface area contributed by atoms with Crippen molar-refractivity contribution < 1.29 is 4.79 Å². The van der Waals surface area contributed by atoms with Crippen LogP contribution in [0, 0.1) is 0 Å². The number of likely N-dealkylation sites (N-methyl/N-ethyl adjacent to an activating group) is 1. The van der Waals surface area contributed by atoms with Gasteiger partial charge in [0.2, 0.25) is 5.91 Å². The fourth-order valence-corrected chi connectivity index (χ4v) is 3.51. The van der Waals surface area contributed by atoms with Crippen LogP contribution in [-0.2, 0) is 4.79 Å². The number of carbonyl (C=O) groups is 1. The lowest BCUT2D eigenvalue weighted by atomic mass is 10.0. The Labute approximate surface area is 124 Å². The van der Waals surface area contributed by atoms with Gasteiger partial charge in [-0.2, -0.15) is 0 Å². The van der Waals surface area contributed by atoms with Crippen LogP contribution in [0.2, 0.25) is 5.02 Å². The third-order valence-electron chi connectivity index (χ3n) is 4.35. The van der Waals surface area contributed by atoms with Crippen molar-refractivity contribution in [1.82, 2.24) is 5.32 Å². The summed E-state index contributed by atoms with van der Waals surface area (Å²) in [5.74, 6) is -0.0117. The third kappa shape index (κ3) is 2.17. The van der Waals surface area contributed by atoms with Crippen LogP contribution in [0.4, 0.5) is 11.4 Å². The Bertz CT molecular complexity index is 546. The molecule has 2 atom stereocenters. The monoisotopic (exact) mass is 293 g/mol. The van der Waals surface area contributed by atoms with Gasteiger partial charge in [0.25, 0.3) is 0 Å². The van der Waals surface area contributed by atoms with E-state index >= 15 is 0 Å². The summed E-state index contributed by atoms with van der Waals surface area (Å²) in [6, 6.07) is 4.15. The summed E-state index contributed by atoms with van der Waals surface area (Å²) in [6.07, 6.45) is 3.67. The van der Waals surface area contributed by atoms with E-state index in [1.165, 1.54) is 19.3 Å². The highest BCUT2D eigenvalue weighted by Gasteiger charge is 2.31. The molecular weight excluding hydrogens is 274 g/mol. The van der Waals surface area contributed by atoms with Gasteiger partial charge in [-0.1, -0.05) is 11.6 Å². The zero-order valence-electron chi connectivity index (χ0n) is 11.9. The van der Waals surface area contributed by atoms with E-state index in [-0.39, 0.29) is 11.9 Å². The Morgan fingerprint density at radius 1 is 1.40 bits per heavy atom. The highest BCUT2D eigenvalue weighted by molar-refractivity contribution is 6.33. The molecule has 0 aliphatic carbocycles. The van der Waals surface area contributed by atoms with Gasteiger partial charge >= 0.3 is 0 Å². The van der Waals surface area contributed by atoms with Crippen LogP contribution in [0.1, 0.15) is 37.8 Å². The van der Waals surface area contributed by atoms with Gasteiger partial charge in [-0.3, -0.25) is 4.79 Å². The van der Waals surface area contributed by atoms with E-state index in [9.17, 15) is 4.79 Å². The second-order valence-electron chi connectivity index (χ2n) is 5.64. The number of nitrogens with one attached hydrogen (secondary N) is 2. The molecule has 2 aliphatic heterocycles. The Hall–Kier alpha value is -1.26. The molecule has 2 N–H and O–H groups in total. The largest absolute Gasteiger partial charge is 0.368 e. The molecule has 0 bridgehead atoms. The van der Waals surface area contributed by atoms with Gasteiger partial charge in [0.1, 0.15) is 6.04 Å². The van der Waals surface area contributed by atoms with E-state index in [0.29, 0.717) is 6.04 Å². The minimum absolute atomic E-state index is 0.0117. The number of anilines is 2. The van der Waals surface area contributed by atoms with Gasteiger partial charge in [0.15, 0.2) is 0 Å². The lowest BCUT2D eigenvalue weighted by Crippen LogP contribution is -2.37. The first kappa shape index (κ1) is 13.7. The van der Waals surface area contributed by atoms with Gasteiger partial charge in [0.05, 0.1) is 10.7 Å². The number of nitrogens with zero attached hydrogens (tertiary/aromatic N) is 1. The molecule has 5 heteroatoms. The normalized spacial score (nSPS) is 25.6. The maximum Gasteiger partial charge on any atom is 0.246 e. The molecule has 2 unspecified atom stereocenters. The van der Waals surface area contributed by atoms with Crippen molar-refractivity contribution in [3.05, 3.63) is 22.7 Å². The van der Waals surface area contributed by atoms with E-state index < -0.39 is 0 Å². The average Bonchev–Trinajstić information content (AvgIpc) is 2.73. The van der Waals surface area contributed by atoms with Crippen LogP contribution >= 0.6 is 11.6 Å². The Morgan fingerprint density at radius 3 is 2.90 bits per heavy atom. The van der Waals surface area contributed by atoms with Crippen molar-refractivity contribution in [1.29, 1.82) is 0 Å². The third-order valence-corrected chi connectivity index (χ3v) is 4.65. The highest BCUT2D eigenvalue weighted by atomic mass is 35.5. The summed E-state index contributed by atoms with van der Waals surface area (Å²) in [6.45, 7) is 3.26. The standard InChI is InChI=1S/C15H20ClN3O/c1-9-5-3-4-6-19(9)13-8-12-10(7-11(13)16)14(17-2)15(20)18-12/h7-9,14,17H,3-6H2,1-2H3,(H,18,20). The van der Waals surface area contributed by atoms with Crippen LogP contribution in [0.15, 0.2) is 12.1 Å². The molecule has 2 aliphatic rings. The van der Waals surface area contributed by atoms with Crippen LogP contribution in [0.5, 0.6) is 0 Å². The van der Waals surface area contributed by atoms with Gasteiger partial charge in [-0.25, -0.2) is 0 Å². The second kappa shape index (κ2) is 5.26. The molecule has 1 aromatic rings. The molecule has 3 rings (SSSR count). The first-order valence-electron chi connectivity index (χ1n) is 7.20. The molecule has 0 spiro atoms. The molecule has 1 saturated heterocycles. The van der Waals surface area contributed by atoms with E-state index in [2.05, 4.69) is 22.5 Å². The van der Waals surface area contributed by atoms with Crippen molar-refractivity contribution in [3.63, 3.8) is 0 Å². The van der Waals surface area contributed by atoms with Crippen molar-refractivity contribution in [2.24, 2.45) is 0 Å². The van der Waals surface area contributed by atoms with Gasteiger partial charge in [0, 0.05) is 23.8 Å². The van der Waals surface area contributed by atoms with Crippen molar-refractivity contribution in [2.45, 2.75) is 38.3 Å². The number of fused-ring (bicyclic) bond motifs is 1. The molecule has 0 saturated carbocycles. The van der Waals surface area contributed by atoms with E-state index in [1.54, 1.807) is 7.05 Å². The number of benzene rings is 1. The van der Waals surface area contributed by atoms with Crippen molar-refractivity contribution >= 4 is 28.9 Å². The Balaban J connectivity index is 1.99.